The highest BCUT2D eigenvalue weighted by Gasteiger charge is 2.22. The van der Waals surface area contributed by atoms with Crippen molar-refractivity contribution in [2.24, 2.45) is 0 Å². The molecule has 1 unspecified atom stereocenters. The van der Waals surface area contributed by atoms with Gasteiger partial charge in [-0.25, -0.2) is 0 Å². The Bertz CT molecular complexity index is 422. The monoisotopic (exact) mass is 300 g/mol. The van der Waals surface area contributed by atoms with Crippen molar-refractivity contribution in [1.29, 1.82) is 0 Å². The average Bonchev–Trinajstić information content (AvgIpc) is 2.96. The van der Waals surface area contributed by atoms with Gasteiger partial charge >= 0.3 is 0 Å². The number of ether oxygens (including phenoxy) is 1. The molecule has 0 aliphatic rings. The van der Waals surface area contributed by atoms with Crippen molar-refractivity contribution in [3.63, 3.8) is 0 Å². The number of amides is 2. The van der Waals surface area contributed by atoms with Gasteiger partial charge in [0.15, 0.2) is 0 Å². The Hall–Kier alpha value is -1.44. The predicted molar refractivity (Wildman–Crippen MR) is 76.8 cm³/mol. The molecule has 0 saturated heterocycles. The Kier molecular flexibility index (Phi) is 7.21. The van der Waals surface area contributed by atoms with Crippen molar-refractivity contribution < 1.29 is 19.4 Å². The van der Waals surface area contributed by atoms with E-state index in [-0.39, 0.29) is 25.0 Å². The van der Waals surface area contributed by atoms with Gasteiger partial charge in [0.25, 0.3) is 5.91 Å². The van der Waals surface area contributed by atoms with Crippen LogP contribution in [0.15, 0.2) is 17.5 Å². The first-order valence-corrected chi connectivity index (χ1v) is 7.21. The minimum absolute atomic E-state index is 0.124. The van der Waals surface area contributed by atoms with Gasteiger partial charge < -0.3 is 20.1 Å². The van der Waals surface area contributed by atoms with E-state index < -0.39 is 6.04 Å². The van der Waals surface area contributed by atoms with Gasteiger partial charge in [-0.15, -0.1) is 11.3 Å². The predicted octanol–water partition coefficient (Wildman–Crippen LogP) is 0.334. The Morgan fingerprint density at radius 2 is 2.25 bits per heavy atom. The van der Waals surface area contributed by atoms with Crippen molar-refractivity contribution in [3.8, 4) is 0 Å². The number of thiophene rings is 1. The van der Waals surface area contributed by atoms with E-state index in [1.165, 1.54) is 16.2 Å². The minimum atomic E-state index is -0.645. The first-order valence-electron chi connectivity index (χ1n) is 6.33. The van der Waals surface area contributed by atoms with E-state index in [1.807, 2.05) is 0 Å². The topological polar surface area (TPSA) is 78.9 Å². The number of carbonyl (C=O) groups excluding carboxylic acids is 2. The molecular weight excluding hydrogens is 280 g/mol. The largest absolute Gasteiger partial charge is 0.395 e. The summed E-state index contributed by atoms with van der Waals surface area (Å²) in [6, 6.07) is 2.84. The van der Waals surface area contributed by atoms with Crippen LogP contribution in [0.3, 0.4) is 0 Å². The van der Waals surface area contributed by atoms with Crippen LogP contribution >= 0.6 is 11.3 Å². The molecule has 1 atom stereocenters. The van der Waals surface area contributed by atoms with Crippen molar-refractivity contribution in [1.82, 2.24) is 10.2 Å². The third-order valence-corrected chi connectivity index (χ3v) is 3.58. The van der Waals surface area contributed by atoms with Gasteiger partial charge in [0.05, 0.1) is 18.1 Å². The molecule has 2 N–H and O–H groups in total. The van der Waals surface area contributed by atoms with Crippen LogP contribution < -0.4 is 5.32 Å². The number of aliphatic hydroxyl groups excluding tert-OH is 1. The molecule has 1 heterocycles. The number of hydrogen-bond donors (Lipinski definition) is 2. The van der Waals surface area contributed by atoms with Crippen LogP contribution in [0.4, 0.5) is 0 Å². The van der Waals surface area contributed by atoms with Crippen LogP contribution in [0.5, 0.6) is 0 Å². The Morgan fingerprint density at radius 3 is 2.80 bits per heavy atom. The fourth-order valence-corrected chi connectivity index (χ4v) is 2.29. The van der Waals surface area contributed by atoms with Gasteiger partial charge in [0, 0.05) is 20.2 Å². The molecular formula is C13H20N2O4S. The average molecular weight is 300 g/mol. The molecule has 0 spiro atoms. The maximum absolute atomic E-state index is 12.2. The second-order valence-electron chi connectivity index (χ2n) is 4.21. The molecule has 20 heavy (non-hydrogen) atoms. The molecule has 0 bridgehead atoms. The summed E-state index contributed by atoms with van der Waals surface area (Å²) in [6.07, 6.45) is 0. The van der Waals surface area contributed by atoms with Crippen LogP contribution in [0.25, 0.3) is 0 Å². The zero-order valence-electron chi connectivity index (χ0n) is 11.7. The Labute approximate surface area is 122 Å². The smallest absolute Gasteiger partial charge is 0.261 e. The van der Waals surface area contributed by atoms with Crippen molar-refractivity contribution >= 4 is 23.2 Å². The maximum Gasteiger partial charge on any atom is 0.261 e. The van der Waals surface area contributed by atoms with Crippen molar-refractivity contribution in [2.75, 3.05) is 33.4 Å². The number of nitrogens with zero attached hydrogens (tertiary/aromatic N) is 1. The third kappa shape index (κ3) is 4.92. The van der Waals surface area contributed by atoms with Gasteiger partial charge in [-0.1, -0.05) is 6.07 Å². The number of carbonyl (C=O) groups is 2. The van der Waals surface area contributed by atoms with Gasteiger partial charge in [0.1, 0.15) is 6.04 Å². The summed E-state index contributed by atoms with van der Waals surface area (Å²) in [6.45, 7) is 2.50. The lowest BCUT2D eigenvalue weighted by molar-refractivity contribution is -0.134. The maximum atomic E-state index is 12.2. The second-order valence-corrected chi connectivity index (χ2v) is 5.16. The van der Waals surface area contributed by atoms with Gasteiger partial charge in [-0.05, 0) is 18.4 Å². The van der Waals surface area contributed by atoms with Crippen LogP contribution in [0, 0.1) is 0 Å². The molecule has 0 radical (unpaired) electrons. The summed E-state index contributed by atoms with van der Waals surface area (Å²) in [5, 5.41) is 13.4. The lowest BCUT2D eigenvalue weighted by Crippen LogP contribution is -2.48. The molecule has 0 saturated carbocycles. The zero-order chi connectivity index (χ0) is 15.0. The van der Waals surface area contributed by atoms with E-state index in [4.69, 9.17) is 9.84 Å². The summed E-state index contributed by atoms with van der Waals surface area (Å²) >= 11 is 1.32. The summed E-state index contributed by atoms with van der Waals surface area (Å²) in [4.78, 5) is 26.1. The molecule has 2 amide bonds. The summed E-state index contributed by atoms with van der Waals surface area (Å²) in [5.41, 5.74) is 0. The van der Waals surface area contributed by atoms with Gasteiger partial charge in [0.2, 0.25) is 5.91 Å². The van der Waals surface area contributed by atoms with Gasteiger partial charge in [-0.2, -0.15) is 0 Å². The number of hydrogen-bond acceptors (Lipinski definition) is 5. The highest BCUT2D eigenvalue weighted by molar-refractivity contribution is 7.12. The highest BCUT2D eigenvalue weighted by Crippen LogP contribution is 2.08. The molecule has 0 aromatic carbocycles. The standard InChI is InChI=1S/C13H20N2O4S/c1-10(14-12(17)11-4-3-9-20-11)13(18)15(5-7-16)6-8-19-2/h3-4,9-10,16H,5-8H2,1-2H3,(H,14,17). The quantitative estimate of drug-likeness (QED) is 0.725. The summed E-state index contributed by atoms with van der Waals surface area (Å²) in [5.74, 6) is -0.502. The van der Waals surface area contributed by atoms with E-state index >= 15 is 0 Å². The number of methoxy groups -OCH3 is 1. The lowest BCUT2D eigenvalue weighted by Gasteiger charge is -2.25. The number of aliphatic hydroxyl groups is 1. The summed E-state index contributed by atoms with van der Waals surface area (Å²) < 4.78 is 4.93. The minimum Gasteiger partial charge on any atom is -0.395 e. The van der Waals surface area contributed by atoms with E-state index in [1.54, 1.807) is 31.5 Å². The molecule has 0 aliphatic carbocycles. The lowest BCUT2D eigenvalue weighted by atomic mass is 10.2. The molecule has 0 aliphatic heterocycles. The summed E-state index contributed by atoms with van der Waals surface area (Å²) in [7, 11) is 1.55. The Morgan fingerprint density at radius 1 is 1.50 bits per heavy atom. The SMILES string of the molecule is COCCN(CCO)C(=O)C(C)NC(=O)c1cccs1. The molecule has 1 aromatic rings. The van der Waals surface area contributed by atoms with E-state index in [0.717, 1.165) is 0 Å². The van der Waals surface area contributed by atoms with Gasteiger partial charge in [-0.3, -0.25) is 9.59 Å². The molecule has 6 nitrogen and oxygen atoms in total. The van der Waals surface area contributed by atoms with Crippen molar-refractivity contribution in [2.45, 2.75) is 13.0 Å². The molecule has 7 heteroatoms. The Balaban J connectivity index is 2.56. The number of nitrogens with one attached hydrogen (secondary N) is 1. The molecule has 1 rings (SSSR count). The molecule has 1 aromatic heterocycles. The van der Waals surface area contributed by atoms with Crippen molar-refractivity contribution in [3.05, 3.63) is 22.4 Å². The highest BCUT2D eigenvalue weighted by atomic mass is 32.1. The fourth-order valence-electron chi connectivity index (χ4n) is 1.67. The van der Waals surface area contributed by atoms with Crippen LogP contribution in [0.2, 0.25) is 0 Å². The first-order chi connectivity index (χ1) is 9.60. The second kappa shape index (κ2) is 8.68. The van der Waals surface area contributed by atoms with Crippen LogP contribution in [-0.2, 0) is 9.53 Å². The van der Waals surface area contributed by atoms with Crippen LogP contribution in [0.1, 0.15) is 16.6 Å². The van der Waals surface area contributed by atoms with Crippen LogP contribution in [-0.4, -0.2) is 61.3 Å². The zero-order valence-corrected chi connectivity index (χ0v) is 12.5. The third-order valence-electron chi connectivity index (χ3n) is 2.71. The first kappa shape index (κ1) is 16.6. The van der Waals surface area contributed by atoms with E-state index in [2.05, 4.69) is 5.32 Å². The van der Waals surface area contributed by atoms with E-state index in [9.17, 15) is 9.59 Å². The number of rotatable bonds is 8. The molecule has 112 valence electrons. The van der Waals surface area contributed by atoms with E-state index in [0.29, 0.717) is 18.0 Å². The normalized spacial score (nSPS) is 11.9. The molecule has 0 fully saturated rings. The fraction of sp³-hybridized carbons (Fsp3) is 0.538.